The zero-order valence-corrected chi connectivity index (χ0v) is 12.1. The molecular formula is C12H20N4OS. The number of hydrogen-bond acceptors (Lipinski definition) is 3. The summed E-state index contributed by atoms with van der Waals surface area (Å²) in [7, 11) is 3.60. The number of carbonyl (C=O) groups excluding carboxylic acids is 1. The minimum atomic E-state index is -0.772. The molecule has 6 heteroatoms. The molecule has 5 nitrogen and oxygen atoms in total. The maximum Gasteiger partial charge on any atom is 0.235 e. The van der Waals surface area contributed by atoms with Crippen LogP contribution in [0.15, 0.2) is 12.4 Å². The minimum Gasteiger partial charge on any atom is -0.392 e. The first-order chi connectivity index (χ1) is 8.31. The topological polar surface area (TPSA) is 64.2 Å². The van der Waals surface area contributed by atoms with Crippen molar-refractivity contribution in [3.63, 3.8) is 0 Å². The maximum absolute atomic E-state index is 12.4. The molecule has 1 unspecified atom stereocenters. The second-order valence-electron chi connectivity index (χ2n) is 4.73. The van der Waals surface area contributed by atoms with Crippen molar-refractivity contribution in [1.29, 1.82) is 0 Å². The number of aryl methyl sites for hydroxylation is 1. The largest absolute Gasteiger partial charge is 0.392 e. The molecule has 0 aliphatic rings. The third-order valence-electron chi connectivity index (χ3n) is 3.25. The Labute approximate surface area is 113 Å². The molecule has 0 spiro atoms. The number of amides is 1. The molecule has 0 saturated carbocycles. The zero-order chi connectivity index (χ0) is 13.9. The van der Waals surface area contributed by atoms with E-state index in [4.69, 9.17) is 18.0 Å². The number of carbonyl (C=O) groups is 1. The van der Waals surface area contributed by atoms with E-state index in [0.717, 1.165) is 5.56 Å². The number of thiocarbonyl (C=S) groups is 1. The summed E-state index contributed by atoms with van der Waals surface area (Å²) in [6.45, 7) is 4.21. The first-order valence-electron chi connectivity index (χ1n) is 5.84. The lowest BCUT2D eigenvalue weighted by atomic mass is 9.86. The highest BCUT2D eigenvalue weighted by Gasteiger charge is 2.36. The second kappa shape index (κ2) is 5.48. The Bertz CT molecular complexity index is 457. The van der Waals surface area contributed by atoms with Crippen LogP contribution in [0.5, 0.6) is 0 Å². The van der Waals surface area contributed by atoms with Gasteiger partial charge in [-0.3, -0.25) is 9.48 Å². The van der Waals surface area contributed by atoms with E-state index in [0.29, 0.717) is 13.0 Å². The predicted molar refractivity (Wildman–Crippen MR) is 74.9 cm³/mol. The molecule has 0 aliphatic carbocycles. The van der Waals surface area contributed by atoms with E-state index >= 15 is 0 Å². The summed E-state index contributed by atoms with van der Waals surface area (Å²) in [5.41, 5.74) is 5.89. The van der Waals surface area contributed by atoms with Crippen LogP contribution in [-0.2, 0) is 18.4 Å². The van der Waals surface area contributed by atoms with Crippen molar-refractivity contribution >= 4 is 23.1 Å². The van der Waals surface area contributed by atoms with E-state index in [-0.39, 0.29) is 10.9 Å². The third kappa shape index (κ3) is 2.87. The Morgan fingerprint density at radius 3 is 2.67 bits per heavy atom. The molecule has 0 aliphatic heterocycles. The molecule has 1 rings (SSSR count). The molecule has 0 radical (unpaired) electrons. The smallest absolute Gasteiger partial charge is 0.235 e. The van der Waals surface area contributed by atoms with Crippen LogP contribution in [-0.4, -0.2) is 32.6 Å². The van der Waals surface area contributed by atoms with Crippen molar-refractivity contribution in [2.45, 2.75) is 26.8 Å². The Hall–Kier alpha value is -1.43. The van der Waals surface area contributed by atoms with Crippen LogP contribution >= 0.6 is 12.2 Å². The summed E-state index contributed by atoms with van der Waals surface area (Å²) in [6, 6.07) is 0. The highest BCUT2D eigenvalue weighted by atomic mass is 32.1. The molecule has 1 aromatic rings. The van der Waals surface area contributed by atoms with Gasteiger partial charge in [0.05, 0.1) is 16.6 Å². The Balaban J connectivity index is 2.80. The van der Waals surface area contributed by atoms with Gasteiger partial charge in [-0.15, -0.1) is 0 Å². The van der Waals surface area contributed by atoms with E-state index in [1.807, 2.05) is 20.2 Å². The fourth-order valence-electron chi connectivity index (χ4n) is 1.75. The van der Waals surface area contributed by atoms with Crippen molar-refractivity contribution in [2.75, 3.05) is 7.05 Å². The lowest BCUT2D eigenvalue weighted by Crippen LogP contribution is -2.46. The summed E-state index contributed by atoms with van der Waals surface area (Å²) < 4.78 is 1.71. The monoisotopic (exact) mass is 268 g/mol. The van der Waals surface area contributed by atoms with Gasteiger partial charge < -0.3 is 10.6 Å². The standard InChI is InChI=1S/C12H20N4OS/c1-5-12(2,10(13)18)11(17)15(3)7-9-6-14-16(4)8-9/h6,8H,5,7H2,1-4H3,(H2,13,18). The summed E-state index contributed by atoms with van der Waals surface area (Å²) in [5, 5.41) is 4.07. The first-order valence-corrected chi connectivity index (χ1v) is 6.25. The molecule has 1 atom stereocenters. The number of rotatable bonds is 5. The SMILES string of the molecule is CCC(C)(C(=O)N(C)Cc1cnn(C)c1)C(N)=S. The highest BCUT2D eigenvalue weighted by molar-refractivity contribution is 7.80. The molecule has 2 N–H and O–H groups in total. The van der Waals surface area contributed by atoms with Gasteiger partial charge in [-0.05, 0) is 13.3 Å². The Morgan fingerprint density at radius 2 is 2.28 bits per heavy atom. The van der Waals surface area contributed by atoms with Crippen molar-refractivity contribution in [3.05, 3.63) is 18.0 Å². The van der Waals surface area contributed by atoms with E-state index in [2.05, 4.69) is 5.10 Å². The minimum absolute atomic E-state index is 0.0543. The van der Waals surface area contributed by atoms with Crippen LogP contribution < -0.4 is 5.73 Å². The van der Waals surface area contributed by atoms with Gasteiger partial charge in [0.2, 0.25) is 5.91 Å². The van der Waals surface area contributed by atoms with E-state index in [9.17, 15) is 4.79 Å². The molecule has 0 bridgehead atoms. The quantitative estimate of drug-likeness (QED) is 0.812. The van der Waals surface area contributed by atoms with Gasteiger partial charge in [-0.1, -0.05) is 19.1 Å². The van der Waals surface area contributed by atoms with Crippen LogP contribution in [0.2, 0.25) is 0 Å². The molecule has 1 aromatic heterocycles. The van der Waals surface area contributed by atoms with Gasteiger partial charge in [0, 0.05) is 32.4 Å². The summed E-state index contributed by atoms with van der Waals surface area (Å²) in [6.07, 6.45) is 4.22. The molecule has 100 valence electrons. The van der Waals surface area contributed by atoms with Crippen LogP contribution in [0.25, 0.3) is 0 Å². The van der Waals surface area contributed by atoms with E-state index in [1.165, 1.54) is 0 Å². The molecule has 1 amide bonds. The summed E-state index contributed by atoms with van der Waals surface area (Å²) in [5.74, 6) is -0.0543. The van der Waals surface area contributed by atoms with Crippen LogP contribution in [0.1, 0.15) is 25.8 Å². The van der Waals surface area contributed by atoms with Gasteiger partial charge in [-0.2, -0.15) is 5.10 Å². The molecule has 0 saturated heterocycles. The van der Waals surface area contributed by atoms with Gasteiger partial charge in [-0.25, -0.2) is 0 Å². The zero-order valence-electron chi connectivity index (χ0n) is 11.3. The molecule has 1 heterocycles. The van der Waals surface area contributed by atoms with Gasteiger partial charge in [0.1, 0.15) is 0 Å². The number of aromatic nitrogens is 2. The lowest BCUT2D eigenvalue weighted by molar-refractivity contribution is -0.136. The number of nitrogens with zero attached hydrogens (tertiary/aromatic N) is 3. The predicted octanol–water partition coefficient (Wildman–Crippen LogP) is 1.08. The van der Waals surface area contributed by atoms with Gasteiger partial charge in [0.15, 0.2) is 0 Å². The van der Waals surface area contributed by atoms with E-state index < -0.39 is 5.41 Å². The van der Waals surface area contributed by atoms with Crippen molar-refractivity contribution in [3.8, 4) is 0 Å². The fourth-order valence-corrected chi connectivity index (χ4v) is 1.98. The average molecular weight is 268 g/mol. The van der Waals surface area contributed by atoms with Crippen molar-refractivity contribution < 1.29 is 4.79 Å². The van der Waals surface area contributed by atoms with Crippen LogP contribution in [0.4, 0.5) is 0 Å². The number of hydrogen-bond donors (Lipinski definition) is 1. The fraction of sp³-hybridized carbons (Fsp3) is 0.583. The maximum atomic E-state index is 12.4. The van der Waals surface area contributed by atoms with Crippen molar-refractivity contribution in [2.24, 2.45) is 18.2 Å². The molecule has 0 fully saturated rings. The summed E-state index contributed by atoms with van der Waals surface area (Å²) >= 11 is 5.01. The molecular weight excluding hydrogens is 248 g/mol. The van der Waals surface area contributed by atoms with Gasteiger partial charge in [0.25, 0.3) is 0 Å². The first kappa shape index (κ1) is 14.6. The van der Waals surface area contributed by atoms with E-state index in [1.54, 1.807) is 29.7 Å². The average Bonchev–Trinajstić information content (AvgIpc) is 2.72. The lowest BCUT2D eigenvalue weighted by Gasteiger charge is -2.30. The molecule has 0 aromatic carbocycles. The van der Waals surface area contributed by atoms with Crippen LogP contribution in [0, 0.1) is 5.41 Å². The second-order valence-corrected chi connectivity index (χ2v) is 5.17. The molecule has 18 heavy (non-hydrogen) atoms. The van der Waals surface area contributed by atoms with Crippen LogP contribution in [0.3, 0.4) is 0 Å². The summed E-state index contributed by atoms with van der Waals surface area (Å²) in [4.78, 5) is 14.3. The Morgan fingerprint density at radius 1 is 1.67 bits per heavy atom. The third-order valence-corrected chi connectivity index (χ3v) is 3.70. The Kier molecular flexibility index (Phi) is 4.45. The highest BCUT2D eigenvalue weighted by Crippen LogP contribution is 2.24. The number of nitrogens with two attached hydrogens (primary N) is 1. The van der Waals surface area contributed by atoms with Gasteiger partial charge >= 0.3 is 0 Å². The van der Waals surface area contributed by atoms with Crippen molar-refractivity contribution in [1.82, 2.24) is 14.7 Å². The normalized spacial score (nSPS) is 14.0.